The van der Waals surface area contributed by atoms with Crippen LogP contribution in [0.1, 0.15) is 52.2 Å². The largest absolute Gasteiger partial charge is 0.351 e. The number of nitrogens with one attached hydrogen (secondary N) is 1. The van der Waals surface area contributed by atoms with Crippen LogP contribution < -0.4 is 5.32 Å². The number of hydrogen-bond donors (Lipinski definition) is 1. The van der Waals surface area contributed by atoms with E-state index in [4.69, 9.17) is 6.42 Å². The van der Waals surface area contributed by atoms with Gasteiger partial charge in [0.2, 0.25) is 0 Å². The fourth-order valence-corrected chi connectivity index (χ4v) is 3.43. The molecule has 0 radical (unpaired) electrons. The summed E-state index contributed by atoms with van der Waals surface area (Å²) in [4.78, 5) is 14.2. The third-order valence-corrected chi connectivity index (χ3v) is 4.49. The van der Waals surface area contributed by atoms with Crippen molar-refractivity contribution < 1.29 is 4.79 Å². The van der Waals surface area contributed by atoms with Gasteiger partial charge in [0.05, 0.1) is 4.88 Å². The lowest BCUT2D eigenvalue weighted by atomic mass is 10.1. The number of carbonyl (C=O) groups excluding carboxylic acids is 1. The fraction of sp³-hybridized carbons (Fsp3) is 0.533. The molecule has 0 saturated heterocycles. The van der Waals surface area contributed by atoms with E-state index in [0.717, 1.165) is 30.6 Å². The molecule has 1 aliphatic carbocycles. The lowest BCUT2D eigenvalue weighted by molar-refractivity contribution is 0.0957. The number of hydrogen-bond acceptors (Lipinski definition) is 2. The third kappa shape index (κ3) is 3.36. The van der Waals surface area contributed by atoms with Gasteiger partial charge in [0, 0.05) is 17.8 Å². The lowest BCUT2D eigenvalue weighted by Gasteiger charge is -2.01. The molecule has 0 fully saturated rings. The molecule has 0 aromatic carbocycles. The summed E-state index contributed by atoms with van der Waals surface area (Å²) in [5.41, 5.74) is 1.39. The quantitative estimate of drug-likeness (QED) is 0.503. The summed E-state index contributed by atoms with van der Waals surface area (Å²) >= 11 is 1.67. The van der Waals surface area contributed by atoms with Crippen molar-refractivity contribution in [2.24, 2.45) is 0 Å². The van der Waals surface area contributed by atoms with Crippen molar-refractivity contribution in [3.05, 3.63) is 21.4 Å². The number of thiophene rings is 1. The number of fused-ring (bicyclic) bond motifs is 1. The molecule has 0 atom stereocenters. The number of unbranched alkanes of at least 4 members (excludes halogenated alkanes) is 1. The Labute approximate surface area is 113 Å². The van der Waals surface area contributed by atoms with Crippen LogP contribution >= 0.6 is 11.3 Å². The van der Waals surface area contributed by atoms with Crippen LogP contribution in [0.25, 0.3) is 0 Å². The van der Waals surface area contributed by atoms with Gasteiger partial charge in [-0.2, -0.15) is 0 Å². The molecular weight excluding hydrogens is 242 g/mol. The molecule has 0 saturated carbocycles. The molecule has 0 bridgehead atoms. The smallest absolute Gasteiger partial charge is 0.261 e. The molecule has 1 heterocycles. The minimum atomic E-state index is 0.0603. The van der Waals surface area contributed by atoms with Gasteiger partial charge in [0.25, 0.3) is 5.91 Å². The summed E-state index contributed by atoms with van der Waals surface area (Å²) in [6, 6.07) is 2.09. The summed E-state index contributed by atoms with van der Waals surface area (Å²) in [7, 11) is 0. The number of aryl methyl sites for hydroxylation is 2. The Kier molecular flexibility index (Phi) is 4.83. The Morgan fingerprint density at radius 2 is 2.22 bits per heavy atom. The van der Waals surface area contributed by atoms with Crippen LogP contribution in [-0.4, -0.2) is 12.5 Å². The van der Waals surface area contributed by atoms with Gasteiger partial charge in [-0.1, -0.05) is 6.42 Å². The zero-order valence-electron chi connectivity index (χ0n) is 10.6. The Morgan fingerprint density at radius 1 is 1.39 bits per heavy atom. The second-order valence-electron chi connectivity index (χ2n) is 4.68. The average molecular weight is 261 g/mol. The predicted octanol–water partition coefficient (Wildman–Crippen LogP) is 3.16. The molecule has 1 aromatic rings. The maximum atomic E-state index is 12.0. The Bertz CT molecular complexity index is 432. The van der Waals surface area contributed by atoms with Crippen LogP contribution in [-0.2, 0) is 12.8 Å². The summed E-state index contributed by atoms with van der Waals surface area (Å²) in [5.74, 6) is 2.64. The van der Waals surface area contributed by atoms with Gasteiger partial charge in [-0.15, -0.1) is 23.7 Å². The highest BCUT2D eigenvalue weighted by molar-refractivity contribution is 7.14. The predicted molar refractivity (Wildman–Crippen MR) is 76.0 cm³/mol. The first-order valence-electron chi connectivity index (χ1n) is 6.64. The van der Waals surface area contributed by atoms with Crippen molar-refractivity contribution in [1.82, 2.24) is 5.32 Å². The van der Waals surface area contributed by atoms with Crippen LogP contribution in [0.15, 0.2) is 6.07 Å². The Morgan fingerprint density at radius 3 is 3.06 bits per heavy atom. The molecule has 0 aliphatic heterocycles. The highest BCUT2D eigenvalue weighted by Gasteiger charge is 2.15. The minimum absolute atomic E-state index is 0.0603. The van der Waals surface area contributed by atoms with Gasteiger partial charge >= 0.3 is 0 Å². The van der Waals surface area contributed by atoms with E-state index < -0.39 is 0 Å². The number of carbonyl (C=O) groups is 1. The van der Waals surface area contributed by atoms with Gasteiger partial charge in [-0.25, -0.2) is 0 Å². The highest BCUT2D eigenvalue weighted by Crippen LogP contribution is 2.28. The maximum Gasteiger partial charge on any atom is 0.261 e. The summed E-state index contributed by atoms with van der Waals surface area (Å²) < 4.78 is 0. The summed E-state index contributed by atoms with van der Waals surface area (Å²) in [6.07, 6.45) is 12.9. The third-order valence-electron chi connectivity index (χ3n) is 3.25. The summed E-state index contributed by atoms with van der Waals surface area (Å²) in [5, 5.41) is 2.93. The molecule has 2 nitrogen and oxygen atoms in total. The van der Waals surface area contributed by atoms with Gasteiger partial charge in [-0.3, -0.25) is 4.79 Å². The Balaban J connectivity index is 1.93. The van der Waals surface area contributed by atoms with Crippen molar-refractivity contribution in [3.63, 3.8) is 0 Å². The van der Waals surface area contributed by atoms with Crippen LogP contribution in [0, 0.1) is 12.3 Å². The van der Waals surface area contributed by atoms with Gasteiger partial charge in [-0.05, 0) is 43.7 Å². The van der Waals surface area contributed by atoms with Crippen LogP contribution in [0.4, 0.5) is 0 Å². The first kappa shape index (κ1) is 13.2. The van der Waals surface area contributed by atoms with Crippen molar-refractivity contribution in [2.75, 3.05) is 6.54 Å². The van der Waals surface area contributed by atoms with Crippen molar-refractivity contribution in [3.8, 4) is 12.3 Å². The summed E-state index contributed by atoms with van der Waals surface area (Å²) in [6.45, 7) is 0.672. The van der Waals surface area contributed by atoms with E-state index in [0.29, 0.717) is 6.54 Å². The van der Waals surface area contributed by atoms with Gasteiger partial charge in [0.1, 0.15) is 0 Å². The molecule has 0 spiro atoms. The zero-order valence-corrected chi connectivity index (χ0v) is 11.4. The van der Waals surface area contributed by atoms with E-state index in [9.17, 15) is 4.79 Å². The number of terminal acetylenes is 1. The topological polar surface area (TPSA) is 29.1 Å². The molecular formula is C15H19NOS. The average Bonchev–Trinajstić information content (AvgIpc) is 2.66. The SMILES string of the molecule is C#CCCCNC(=O)c1cc2c(s1)CCCCC2. The van der Waals surface area contributed by atoms with E-state index in [2.05, 4.69) is 17.3 Å². The van der Waals surface area contributed by atoms with E-state index in [1.54, 1.807) is 11.3 Å². The highest BCUT2D eigenvalue weighted by atomic mass is 32.1. The first-order valence-corrected chi connectivity index (χ1v) is 7.46. The second kappa shape index (κ2) is 6.61. The first-order chi connectivity index (χ1) is 8.81. The van der Waals surface area contributed by atoms with Crippen LogP contribution in [0.3, 0.4) is 0 Å². The maximum absolute atomic E-state index is 12.0. The van der Waals surface area contributed by atoms with Crippen LogP contribution in [0.5, 0.6) is 0 Å². The molecule has 96 valence electrons. The molecule has 1 N–H and O–H groups in total. The number of amides is 1. The number of rotatable bonds is 4. The molecule has 2 rings (SSSR count). The lowest BCUT2D eigenvalue weighted by Crippen LogP contribution is -2.23. The molecule has 0 unspecified atom stereocenters. The van der Waals surface area contributed by atoms with Crippen molar-refractivity contribution in [1.29, 1.82) is 0 Å². The standard InChI is InChI=1S/C15H19NOS/c1-2-3-7-10-16-15(17)14-11-12-8-5-4-6-9-13(12)18-14/h1,11H,3-10H2,(H,16,17). The van der Waals surface area contributed by atoms with E-state index >= 15 is 0 Å². The normalized spacial score (nSPS) is 14.4. The van der Waals surface area contributed by atoms with Crippen molar-refractivity contribution >= 4 is 17.2 Å². The van der Waals surface area contributed by atoms with E-state index in [1.807, 2.05) is 0 Å². The van der Waals surface area contributed by atoms with Crippen LogP contribution in [0.2, 0.25) is 0 Å². The minimum Gasteiger partial charge on any atom is -0.351 e. The molecule has 1 amide bonds. The molecule has 18 heavy (non-hydrogen) atoms. The zero-order chi connectivity index (χ0) is 12.8. The van der Waals surface area contributed by atoms with Crippen molar-refractivity contribution in [2.45, 2.75) is 44.9 Å². The Hall–Kier alpha value is -1.27. The second-order valence-corrected chi connectivity index (χ2v) is 5.82. The molecule has 1 aromatic heterocycles. The van der Waals surface area contributed by atoms with Gasteiger partial charge in [0.15, 0.2) is 0 Å². The molecule has 1 aliphatic rings. The van der Waals surface area contributed by atoms with E-state index in [-0.39, 0.29) is 5.91 Å². The fourth-order valence-electron chi connectivity index (χ4n) is 2.26. The van der Waals surface area contributed by atoms with E-state index in [1.165, 1.54) is 29.7 Å². The monoisotopic (exact) mass is 261 g/mol. The molecule has 3 heteroatoms. The van der Waals surface area contributed by atoms with Gasteiger partial charge < -0.3 is 5.32 Å².